The second-order valence-corrected chi connectivity index (χ2v) is 5.09. The van der Waals surface area contributed by atoms with E-state index in [0.717, 1.165) is 23.7 Å². The van der Waals surface area contributed by atoms with E-state index in [-0.39, 0.29) is 11.6 Å². The van der Waals surface area contributed by atoms with Crippen molar-refractivity contribution in [3.63, 3.8) is 0 Å². The summed E-state index contributed by atoms with van der Waals surface area (Å²) < 4.78 is 14.8. The third-order valence-corrected chi connectivity index (χ3v) is 3.54. The predicted octanol–water partition coefficient (Wildman–Crippen LogP) is 2.67. The van der Waals surface area contributed by atoms with E-state index >= 15 is 0 Å². The molecule has 2 aromatic rings. The zero-order chi connectivity index (χ0) is 14.5. The van der Waals surface area contributed by atoms with E-state index in [1.54, 1.807) is 12.1 Å². The van der Waals surface area contributed by atoms with Gasteiger partial charge in [-0.1, -0.05) is 18.7 Å². The molecule has 1 aromatic heterocycles. The van der Waals surface area contributed by atoms with Crippen LogP contribution in [0.1, 0.15) is 13.3 Å². The maximum Gasteiger partial charge on any atom is 0.313 e. The number of hydrogen-bond acceptors (Lipinski definition) is 4. The largest absolute Gasteiger partial charge is 0.481 e. The molecule has 5 nitrogen and oxygen atoms in total. The molecule has 0 saturated carbocycles. The third kappa shape index (κ3) is 3.36. The van der Waals surface area contributed by atoms with Gasteiger partial charge >= 0.3 is 5.97 Å². The van der Waals surface area contributed by atoms with Crippen molar-refractivity contribution in [2.24, 2.45) is 0 Å². The molecule has 0 aliphatic rings. The molecule has 106 valence electrons. The first kappa shape index (κ1) is 14.5. The van der Waals surface area contributed by atoms with Crippen molar-refractivity contribution in [3.05, 3.63) is 30.1 Å². The highest BCUT2D eigenvalue weighted by Crippen LogP contribution is 2.24. The third-order valence-electron chi connectivity index (χ3n) is 2.59. The quantitative estimate of drug-likeness (QED) is 0.830. The second-order valence-electron chi connectivity index (χ2n) is 4.15. The Kier molecular flexibility index (Phi) is 4.73. The van der Waals surface area contributed by atoms with Gasteiger partial charge in [-0.2, -0.15) is 0 Å². The molecule has 0 spiro atoms. The van der Waals surface area contributed by atoms with Crippen molar-refractivity contribution < 1.29 is 14.3 Å². The number of benzene rings is 1. The lowest BCUT2D eigenvalue weighted by Crippen LogP contribution is -2.04. The fraction of sp³-hybridized carbons (Fsp3) is 0.308. The van der Waals surface area contributed by atoms with E-state index in [2.05, 4.69) is 10.2 Å². The second kappa shape index (κ2) is 6.51. The Hall–Kier alpha value is -1.89. The Morgan fingerprint density at radius 2 is 2.05 bits per heavy atom. The van der Waals surface area contributed by atoms with Crippen LogP contribution in [0, 0.1) is 5.82 Å². The maximum atomic E-state index is 13.0. The number of hydrogen-bond donors (Lipinski definition) is 1. The number of carboxylic acids is 1. The molecule has 1 heterocycles. The van der Waals surface area contributed by atoms with E-state index in [0.29, 0.717) is 17.5 Å². The van der Waals surface area contributed by atoms with Gasteiger partial charge in [-0.25, -0.2) is 4.39 Å². The summed E-state index contributed by atoms with van der Waals surface area (Å²) in [6.07, 6.45) is 0.868. The summed E-state index contributed by atoms with van der Waals surface area (Å²) in [4.78, 5) is 10.6. The van der Waals surface area contributed by atoms with Crippen LogP contribution in [0.5, 0.6) is 0 Å². The van der Waals surface area contributed by atoms with Gasteiger partial charge in [0.05, 0.1) is 5.75 Å². The topological polar surface area (TPSA) is 68.0 Å². The van der Waals surface area contributed by atoms with Gasteiger partial charge in [-0.15, -0.1) is 10.2 Å². The minimum absolute atomic E-state index is 0.0642. The summed E-state index contributed by atoms with van der Waals surface area (Å²) in [5.74, 6) is -0.648. The molecule has 0 bridgehead atoms. The molecular weight excluding hydrogens is 281 g/mol. The van der Waals surface area contributed by atoms with Gasteiger partial charge in [0.1, 0.15) is 5.82 Å². The Balaban J connectivity index is 2.32. The molecule has 0 aliphatic heterocycles. The standard InChI is InChI=1S/C13H14FN3O2S/c1-2-7-17-12(9-3-5-10(14)6-4-9)15-16-13(17)20-8-11(18)19/h3-6H,2,7-8H2,1H3,(H,18,19). The normalized spacial score (nSPS) is 10.7. The lowest BCUT2D eigenvalue weighted by Gasteiger charge is -2.08. The van der Waals surface area contributed by atoms with E-state index in [4.69, 9.17) is 5.11 Å². The van der Waals surface area contributed by atoms with Gasteiger partial charge in [0.15, 0.2) is 11.0 Å². The number of halogens is 1. The van der Waals surface area contributed by atoms with Crippen LogP contribution in [-0.4, -0.2) is 31.6 Å². The number of rotatable bonds is 6. The van der Waals surface area contributed by atoms with Crippen LogP contribution in [0.4, 0.5) is 4.39 Å². The first-order valence-electron chi connectivity index (χ1n) is 6.15. The van der Waals surface area contributed by atoms with E-state index in [1.165, 1.54) is 12.1 Å². The molecule has 0 saturated heterocycles. The highest BCUT2D eigenvalue weighted by Gasteiger charge is 2.14. The number of carbonyl (C=O) groups is 1. The number of nitrogens with zero attached hydrogens (tertiary/aromatic N) is 3. The van der Waals surface area contributed by atoms with Crippen molar-refractivity contribution in [2.45, 2.75) is 25.0 Å². The minimum Gasteiger partial charge on any atom is -0.481 e. The molecule has 1 N–H and O–H groups in total. The van der Waals surface area contributed by atoms with Crippen LogP contribution in [0.2, 0.25) is 0 Å². The van der Waals surface area contributed by atoms with Crippen LogP contribution in [0.3, 0.4) is 0 Å². The summed E-state index contributed by atoms with van der Waals surface area (Å²) in [6, 6.07) is 6.00. The minimum atomic E-state index is -0.899. The smallest absolute Gasteiger partial charge is 0.313 e. The molecule has 2 rings (SSSR count). The van der Waals surface area contributed by atoms with Crippen molar-refractivity contribution in [1.82, 2.24) is 14.8 Å². The number of thioether (sulfide) groups is 1. The molecule has 7 heteroatoms. The molecule has 0 amide bonds. The zero-order valence-electron chi connectivity index (χ0n) is 10.9. The Morgan fingerprint density at radius 1 is 1.35 bits per heavy atom. The van der Waals surface area contributed by atoms with Gasteiger partial charge in [0.25, 0.3) is 0 Å². The fourth-order valence-corrected chi connectivity index (χ4v) is 2.44. The van der Waals surface area contributed by atoms with E-state index < -0.39 is 5.97 Å². The molecule has 0 aliphatic carbocycles. The molecular formula is C13H14FN3O2S. The molecule has 0 fully saturated rings. The van der Waals surface area contributed by atoms with Gasteiger partial charge in [-0.05, 0) is 30.7 Å². The van der Waals surface area contributed by atoms with E-state index in [9.17, 15) is 9.18 Å². The summed E-state index contributed by atoms with van der Waals surface area (Å²) in [6.45, 7) is 2.70. The summed E-state index contributed by atoms with van der Waals surface area (Å²) in [7, 11) is 0. The Bertz CT molecular complexity index is 598. The SMILES string of the molecule is CCCn1c(SCC(=O)O)nnc1-c1ccc(F)cc1. The summed E-state index contributed by atoms with van der Waals surface area (Å²) in [5.41, 5.74) is 0.759. The average Bonchev–Trinajstić information content (AvgIpc) is 2.81. The first-order chi connectivity index (χ1) is 9.61. The van der Waals surface area contributed by atoms with Crippen molar-refractivity contribution in [1.29, 1.82) is 0 Å². The number of aliphatic carboxylic acids is 1. The zero-order valence-corrected chi connectivity index (χ0v) is 11.7. The van der Waals surface area contributed by atoms with Crippen LogP contribution in [-0.2, 0) is 11.3 Å². The lowest BCUT2D eigenvalue weighted by atomic mass is 10.2. The van der Waals surface area contributed by atoms with Crippen molar-refractivity contribution in [2.75, 3.05) is 5.75 Å². The van der Waals surface area contributed by atoms with Gasteiger partial charge in [0, 0.05) is 12.1 Å². The predicted molar refractivity (Wildman–Crippen MR) is 74.1 cm³/mol. The van der Waals surface area contributed by atoms with Crippen LogP contribution < -0.4 is 0 Å². The van der Waals surface area contributed by atoms with Gasteiger partial charge < -0.3 is 9.67 Å². The molecule has 1 aromatic carbocycles. The van der Waals surface area contributed by atoms with Gasteiger partial charge in [0.2, 0.25) is 0 Å². The fourth-order valence-electron chi connectivity index (χ4n) is 1.76. The monoisotopic (exact) mass is 295 g/mol. The lowest BCUT2D eigenvalue weighted by molar-refractivity contribution is -0.133. The molecule has 0 unspecified atom stereocenters. The average molecular weight is 295 g/mol. The number of carboxylic acid groups (broad SMARTS) is 1. The summed E-state index contributed by atoms with van der Waals surface area (Å²) >= 11 is 1.13. The number of aromatic nitrogens is 3. The summed E-state index contributed by atoms with van der Waals surface area (Å²) in [5, 5.41) is 17.4. The Morgan fingerprint density at radius 3 is 2.65 bits per heavy atom. The maximum absolute atomic E-state index is 13.0. The molecule has 0 radical (unpaired) electrons. The van der Waals surface area contributed by atoms with Crippen molar-refractivity contribution >= 4 is 17.7 Å². The highest BCUT2D eigenvalue weighted by atomic mass is 32.2. The van der Waals surface area contributed by atoms with Crippen LogP contribution in [0.25, 0.3) is 11.4 Å². The van der Waals surface area contributed by atoms with Gasteiger partial charge in [-0.3, -0.25) is 4.79 Å². The van der Waals surface area contributed by atoms with Crippen LogP contribution >= 0.6 is 11.8 Å². The molecule has 0 atom stereocenters. The highest BCUT2D eigenvalue weighted by molar-refractivity contribution is 7.99. The Labute approximate surface area is 119 Å². The van der Waals surface area contributed by atoms with Crippen LogP contribution in [0.15, 0.2) is 29.4 Å². The van der Waals surface area contributed by atoms with Crippen molar-refractivity contribution in [3.8, 4) is 11.4 Å². The first-order valence-corrected chi connectivity index (χ1v) is 7.14. The van der Waals surface area contributed by atoms with E-state index in [1.807, 2.05) is 11.5 Å². The molecule has 20 heavy (non-hydrogen) atoms.